The van der Waals surface area contributed by atoms with Crippen molar-refractivity contribution in [2.75, 3.05) is 0 Å². The number of benzene rings is 2. The molecule has 1 unspecified atom stereocenters. The van der Waals surface area contributed by atoms with Gasteiger partial charge in [0.2, 0.25) is 0 Å². The number of carbonyl (C=O) groups excluding carboxylic acids is 1. The van der Waals surface area contributed by atoms with Gasteiger partial charge in [-0.05, 0) is 54.1 Å². The molecule has 0 aliphatic carbocycles. The third-order valence-electron chi connectivity index (χ3n) is 3.88. The van der Waals surface area contributed by atoms with E-state index >= 15 is 0 Å². The first-order valence-corrected chi connectivity index (χ1v) is 8.87. The minimum absolute atomic E-state index is 0.0000238. The maximum atomic E-state index is 13.0. The van der Waals surface area contributed by atoms with E-state index in [4.69, 9.17) is 23.2 Å². The van der Waals surface area contributed by atoms with Crippen molar-refractivity contribution in [3.05, 3.63) is 81.8 Å². The van der Waals surface area contributed by atoms with E-state index in [1.165, 1.54) is 47.3 Å². The predicted octanol–water partition coefficient (Wildman–Crippen LogP) is 3.74. The van der Waals surface area contributed by atoms with Crippen LogP contribution in [0.2, 0.25) is 10.0 Å². The highest BCUT2D eigenvalue weighted by molar-refractivity contribution is 6.34. The summed E-state index contributed by atoms with van der Waals surface area (Å²) in [6.07, 6.45) is 1.52. The van der Waals surface area contributed by atoms with Crippen molar-refractivity contribution in [2.45, 2.75) is 12.5 Å². The van der Waals surface area contributed by atoms with Crippen molar-refractivity contribution in [2.24, 2.45) is 0 Å². The summed E-state index contributed by atoms with van der Waals surface area (Å²) >= 11 is 11.9. The van der Waals surface area contributed by atoms with Crippen molar-refractivity contribution in [1.82, 2.24) is 15.1 Å². The zero-order chi connectivity index (χ0) is 20.3. The van der Waals surface area contributed by atoms with Crippen LogP contribution in [-0.2, 0) is 11.2 Å². The Morgan fingerprint density at radius 3 is 2.36 bits per heavy atom. The molecule has 1 atom stereocenters. The maximum absolute atomic E-state index is 13.0. The molecule has 1 heterocycles. The van der Waals surface area contributed by atoms with Crippen molar-refractivity contribution in [3.8, 4) is 5.69 Å². The van der Waals surface area contributed by atoms with Crippen molar-refractivity contribution in [3.63, 3.8) is 0 Å². The second kappa shape index (κ2) is 8.41. The second-order valence-electron chi connectivity index (χ2n) is 5.97. The van der Waals surface area contributed by atoms with Crippen LogP contribution in [0.4, 0.5) is 4.39 Å². The molecule has 2 N–H and O–H groups in total. The minimum atomic E-state index is -1.21. The Hall–Kier alpha value is -2.90. The number of hydrogen-bond donors (Lipinski definition) is 2. The molecule has 1 aromatic heterocycles. The minimum Gasteiger partial charge on any atom is -0.480 e. The van der Waals surface area contributed by atoms with E-state index in [1.54, 1.807) is 12.1 Å². The lowest BCUT2D eigenvalue weighted by molar-refractivity contribution is -0.139. The second-order valence-corrected chi connectivity index (χ2v) is 6.84. The number of amides is 1. The van der Waals surface area contributed by atoms with Gasteiger partial charge in [0, 0.05) is 22.7 Å². The monoisotopic (exact) mass is 421 g/mol. The Morgan fingerprint density at radius 2 is 1.75 bits per heavy atom. The summed E-state index contributed by atoms with van der Waals surface area (Å²) in [4.78, 5) is 24.0. The summed E-state index contributed by atoms with van der Waals surface area (Å²) in [5, 5.41) is 16.7. The van der Waals surface area contributed by atoms with Crippen LogP contribution in [0.3, 0.4) is 0 Å². The quantitative estimate of drug-likeness (QED) is 0.634. The van der Waals surface area contributed by atoms with Crippen LogP contribution in [0.25, 0.3) is 5.69 Å². The Morgan fingerprint density at radius 1 is 1.11 bits per heavy atom. The van der Waals surface area contributed by atoms with Gasteiger partial charge in [-0.2, -0.15) is 5.10 Å². The molecule has 0 fully saturated rings. The van der Waals surface area contributed by atoms with Crippen molar-refractivity contribution < 1.29 is 19.1 Å². The Labute approximate surface area is 169 Å². The van der Waals surface area contributed by atoms with E-state index in [-0.39, 0.29) is 17.9 Å². The number of halogens is 3. The van der Waals surface area contributed by atoms with Gasteiger partial charge >= 0.3 is 5.97 Å². The number of carbonyl (C=O) groups is 2. The van der Waals surface area contributed by atoms with Gasteiger partial charge in [0.15, 0.2) is 5.69 Å². The summed E-state index contributed by atoms with van der Waals surface area (Å²) in [5.41, 5.74) is 1.16. The third-order valence-corrected chi connectivity index (χ3v) is 4.31. The smallest absolute Gasteiger partial charge is 0.326 e. The van der Waals surface area contributed by atoms with Gasteiger partial charge in [-0.25, -0.2) is 13.9 Å². The molecule has 3 aromatic rings. The maximum Gasteiger partial charge on any atom is 0.326 e. The van der Waals surface area contributed by atoms with Crippen LogP contribution >= 0.6 is 23.2 Å². The largest absolute Gasteiger partial charge is 0.480 e. The highest BCUT2D eigenvalue weighted by Crippen LogP contribution is 2.20. The fraction of sp³-hybridized carbons (Fsp3) is 0.105. The van der Waals surface area contributed by atoms with Gasteiger partial charge in [-0.15, -0.1) is 0 Å². The molecule has 9 heteroatoms. The molecule has 0 spiro atoms. The predicted molar refractivity (Wildman–Crippen MR) is 103 cm³/mol. The van der Waals surface area contributed by atoms with Crippen LogP contribution in [0.5, 0.6) is 0 Å². The first kappa shape index (κ1) is 19.9. The van der Waals surface area contributed by atoms with Crippen LogP contribution in [0, 0.1) is 5.82 Å². The standard InChI is InChI=1S/C19H14Cl2FN3O3/c20-12-7-11(8-13(21)10-12)9-17(19(27)28)23-18(26)16-5-6-25(24-16)15-3-1-14(22)2-4-15/h1-8,10,17H,9H2,(H,23,26)(H,27,28). The average molecular weight is 422 g/mol. The molecular weight excluding hydrogens is 408 g/mol. The molecule has 6 nitrogen and oxygen atoms in total. The summed E-state index contributed by atoms with van der Waals surface area (Å²) in [6.45, 7) is 0. The molecule has 2 aromatic carbocycles. The fourth-order valence-corrected chi connectivity index (χ4v) is 3.15. The van der Waals surface area contributed by atoms with E-state index < -0.39 is 17.9 Å². The Kier molecular flexibility index (Phi) is 5.96. The molecule has 0 radical (unpaired) electrons. The van der Waals surface area contributed by atoms with Gasteiger partial charge in [0.1, 0.15) is 11.9 Å². The highest BCUT2D eigenvalue weighted by Gasteiger charge is 2.23. The van der Waals surface area contributed by atoms with Crippen LogP contribution in [-0.4, -0.2) is 32.8 Å². The first-order valence-electron chi connectivity index (χ1n) is 8.12. The normalized spacial score (nSPS) is 11.8. The third kappa shape index (κ3) is 4.88. The number of rotatable bonds is 6. The fourth-order valence-electron chi connectivity index (χ4n) is 2.58. The molecule has 144 valence electrons. The van der Waals surface area contributed by atoms with E-state index in [0.717, 1.165) is 0 Å². The van der Waals surface area contributed by atoms with Gasteiger partial charge in [0.05, 0.1) is 5.69 Å². The van der Waals surface area contributed by atoms with Gasteiger partial charge in [-0.3, -0.25) is 4.79 Å². The molecule has 28 heavy (non-hydrogen) atoms. The number of aliphatic carboxylic acids is 1. The molecule has 1 amide bonds. The van der Waals surface area contributed by atoms with E-state index in [2.05, 4.69) is 10.4 Å². The number of aromatic nitrogens is 2. The summed E-state index contributed by atoms with van der Waals surface area (Å²) in [7, 11) is 0. The molecule has 0 saturated heterocycles. The zero-order valence-electron chi connectivity index (χ0n) is 14.3. The first-order chi connectivity index (χ1) is 13.3. The van der Waals surface area contributed by atoms with E-state index in [9.17, 15) is 19.1 Å². The van der Waals surface area contributed by atoms with Gasteiger partial charge in [0.25, 0.3) is 5.91 Å². The van der Waals surface area contributed by atoms with Gasteiger partial charge < -0.3 is 10.4 Å². The van der Waals surface area contributed by atoms with Crippen molar-refractivity contribution in [1.29, 1.82) is 0 Å². The summed E-state index contributed by atoms with van der Waals surface area (Å²) < 4.78 is 14.4. The Balaban J connectivity index is 1.74. The van der Waals surface area contributed by atoms with Gasteiger partial charge in [-0.1, -0.05) is 23.2 Å². The number of nitrogens with one attached hydrogen (secondary N) is 1. The highest BCUT2D eigenvalue weighted by atomic mass is 35.5. The number of carboxylic acids is 1. The number of nitrogens with zero attached hydrogens (tertiary/aromatic N) is 2. The van der Waals surface area contributed by atoms with E-state index in [0.29, 0.717) is 21.3 Å². The molecule has 0 saturated carbocycles. The molecule has 0 aliphatic heterocycles. The van der Waals surface area contributed by atoms with Crippen LogP contribution in [0.1, 0.15) is 16.1 Å². The lowest BCUT2D eigenvalue weighted by Gasteiger charge is -2.14. The Bertz CT molecular complexity index is 1000. The lowest BCUT2D eigenvalue weighted by atomic mass is 10.1. The molecule has 0 aliphatic rings. The average Bonchev–Trinajstić information content (AvgIpc) is 3.11. The summed E-state index contributed by atoms with van der Waals surface area (Å²) in [5.74, 6) is -2.25. The van der Waals surface area contributed by atoms with Crippen LogP contribution < -0.4 is 5.32 Å². The number of hydrogen-bond acceptors (Lipinski definition) is 3. The van der Waals surface area contributed by atoms with E-state index in [1.807, 2.05) is 0 Å². The molecule has 0 bridgehead atoms. The SMILES string of the molecule is O=C(NC(Cc1cc(Cl)cc(Cl)c1)C(=O)O)c1ccn(-c2ccc(F)cc2)n1. The zero-order valence-corrected chi connectivity index (χ0v) is 15.8. The number of carboxylic acid groups (broad SMARTS) is 1. The topological polar surface area (TPSA) is 84.2 Å². The van der Waals surface area contributed by atoms with Crippen molar-refractivity contribution >= 4 is 35.1 Å². The lowest BCUT2D eigenvalue weighted by Crippen LogP contribution is -2.42. The molecule has 3 rings (SSSR count). The van der Waals surface area contributed by atoms with Crippen LogP contribution in [0.15, 0.2) is 54.7 Å². The summed E-state index contributed by atoms with van der Waals surface area (Å²) in [6, 6.07) is 10.5. The molecular formula is C19H14Cl2FN3O3.